The number of aromatic nitrogens is 3. The van der Waals surface area contributed by atoms with Gasteiger partial charge in [-0.05, 0) is 24.5 Å². The third-order valence-electron chi connectivity index (χ3n) is 4.10. The van der Waals surface area contributed by atoms with Crippen LogP contribution >= 0.6 is 0 Å². The molecule has 1 aromatic carbocycles. The second-order valence-electron chi connectivity index (χ2n) is 5.90. The second-order valence-corrected chi connectivity index (χ2v) is 5.90. The maximum Gasteiger partial charge on any atom is 0.220 e. The lowest BCUT2D eigenvalue weighted by Crippen LogP contribution is -2.34. The average Bonchev–Trinajstić information content (AvgIpc) is 3.12. The Morgan fingerprint density at radius 1 is 1.50 bits per heavy atom. The summed E-state index contributed by atoms with van der Waals surface area (Å²) in [5.74, 6) is 1.94. The van der Waals surface area contributed by atoms with Crippen LogP contribution in [0.4, 0.5) is 0 Å². The number of carbonyl (C=O) groups excluding carboxylic acids is 1. The molecule has 2 heterocycles. The highest BCUT2D eigenvalue weighted by atomic mass is 16.5. The Hall–Kier alpha value is -2.57. The molecule has 7 heteroatoms. The minimum atomic E-state index is 0.0616. The van der Waals surface area contributed by atoms with E-state index in [0.29, 0.717) is 26.1 Å². The lowest BCUT2D eigenvalue weighted by atomic mass is 9.96. The van der Waals surface area contributed by atoms with Crippen molar-refractivity contribution in [1.82, 2.24) is 20.1 Å². The van der Waals surface area contributed by atoms with E-state index < -0.39 is 0 Å². The minimum Gasteiger partial charge on any atom is -0.493 e. The van der Waals surface area contributed by atoms with Crippen molar-refractivity contribution in [3.63, 3.8) is 0 Å². The standard InChI is InChI=1S/C17H22N4O3/c1-23-15-5-2-4-14-8-13(10-24-17(14)15)9-19-16(22)6-3-7-21-12-18-11-20-21/h2,4-5,11-13H,3,6-10H2,1H3,(H,19,22)/t13-/m1/s1. The molecule has 0 saturated carbocycles. The number of carbonyl (C=O) groups is 1. The number of hydrogen-bond acceptors (Lipinski definition) is 5. The van der Waals surface area contributed by atoms with Gasteiger partial charge in [-0.2, -0.15) is 5.10 Å². The Morgan fingerprint density at radius 2 is 2.42 bits per heavy atom. The monoisotopic (exact) mass is 330 g/mol. The summed E-state index contributed by atoms with van der Waals surface area (Å²) in [6, 6.07) is 5.91. The van der Waals surface area contributed by atoms with Gasteiger partial charge in [-0.15, -0.1) is 0 Å². The Bertz CT molecular complexity index is 672. The van der Waals surface area contributed by atoms with E-state index in [2.05, 4.69) is 15.4 Å². The maximum atomic E-state index is 11.9. The van der Waals surface area contributed by atoms with Crippen LogP contribution in [0.3, 0.4) is 0 Å². The number of benzene rings is 1. The van der Waals surface area contributed by atoms with E-state index in [4.69, 9.17) is 9.47 Å². The Balaban J connectivity index is 1.41. The fourth-order valence-corrected chi connectivity index (χ4v) is 2.85. The summed E-state index contributed by atoms with van der Waals surface area (Å²) in [5, 5.41) is 7.01. The summed E-state index contributed by atoms with van der Waals surface area (Å²) >= 11 is 0. The van der Waals surface area contributed by atoms with Crippen molar-refractivity contribution in [2.45, 2.75) is 25.8 Å². The smallest absolute Gasteiger partial charge is 0.220 e. The van der Waals surface area contributed by atoms with E-state index in [0.717, 1.165) is 29.9 Å². The molecule has 3 rings (SSSR count). The van der Waals surface area contributed by atoms with Gasteiger partial charge in [0.25, 0.3) is 0 Å². The van der Waals surface area contributed by atoms with Crippen molar-refractivity contribution < 1.29 is 14.3 Å². The van der Waals surface area contributed by atoms with Crippen LogP contribution in [0.25, 0.3) is 0 Å². The second kappa shape index (κ2) is 7.81. The highest BCUT2D eigenvalue weighted by Gasteiger charge is 2.22. The van der Waals surface area contributed by atoms with Gasteiger partial charge in [0.05, 0.1) is 13.7 Å². The maximum absolute atomic E-state index is 11.9. The molecule has 1 aliphatic heterocycles. The number of para-hydroxylation sites is 1. The molecule has 1 aliphatic rings. The first-order valence-corrected chi connectivity index (χ1v) is 8.14. The summed E-state index contributed by atoms with van der Waals surface area (Å²) in [7, 11) is 1.64. The number of amides is 1. The third-order valence-corrected chi connectivity index (χ3v) is 4.10. The van der Waals surface area contributed by atoms with Gasteiger partial charge in [0.2, 0.25) is 5.91 Å². The van der Waals surface area contributed by atoms with Gasteiger partial charge < -0.3 is 14.8 Å². The Morgan fingerprint density at radius 3 is 3.21 bits per heavy atom. The lowest BCUT2D eigenvalue weighted by molar-refractivity contribution is -0.121. The zero-order valence-electron chi connectivity index (χ0n) is 13.8. The zero-order valence-corrected chi connectivity index (χ0v) is 13.8. The largest absolute Gasteiger partial charge is 0.493 e. The van der Waals surface area contributed by atoms with Gasteiger partial charge in [-0.1, -0.05) is 12.1 Å². The van der Waals surface area contributed by atoms with E-state index in [1.54, 1.807) is 18.1 Å². The van der Waals surface area contributed by atoms with Crippen LogP contribution in [0.5, 0.6) is 11.5 Å². The van der Waals surface area contributed by atoms with Gasteiger partial charge in [-0.25, -0.2) is 4.98 Å². The first kappa shape index (κ1) is 16.3. The highest BCUT2D eigenvalue weighted by molar-refractivity contribution is 5.75. The molecule has 1 amide bonds. The SMILES string of the molecule is COc1cccc2c1OC[C@@H](CNC(=O)CCCn1cncn1)C2. The summed E-state index contributed by atoms with van der Waals surface area (Å²) in [5.41, 5.74) is 1.13. The number of ether oxygens (including phenoxy) is 2. The summed E-state index contributed by atoms with van der Waals surface area (Å²) < 4.78 is 12.9. The quantitative estimate of drug-likeness (QED) is 0.831. The number of nitrogens with one attached hydrogen (secondary N) is 1. The van der Waals surface area contributed by atoms with Crippen LogP contribution in [-0.2, 0) is 17.8 Å². The fraction of sp³-hybridized carbons (Fsp3) is 0.471. The number of aryl methyl sites for hydroxylation is 1. The van der Waals surface area contributed by atoms with Crippen molar-refractivity contribution in [2.24, 2.45) is 5.92 Å². The topological polar surface area (TPSA) is 78.3 Å². The van der Waals surface area contributed by atoms with Gasteiger partial charge in [0.15, 0.2) is 11.5 Å². The summed E-state index contributed by atoms with van der Waals surface area (Å²) in [4.78, 5) is 15.8. The molecule has 2 aromatic rings. The van der Waals surface area contributed by atoms with Gasteiger partial charge in [-0.3, -0.25) is 9.48 Å². The van der Waals surface area contributed by atoms with E-state index in [1.807, 2.05) is 18.2 Å². The van der Waals surface area contributed by atoms with Crippen LogP contribution in [-0.4, -0.2) is 40.9 Å². The summed E-state index contributed by atoms with van der Waals surface area (Å²) in [6.07, 6.45) is 5.26. The zero-order chi connectivity index (χ0) is 16.8. The molecule has 0 fully saturated rings. The minimum absolute atomic E-state index is 0.0616. The first-order chi connectivity index (χ1) is 11.8. The van der Waals surface area contributed by atoms with E-state index in [-0.39, 0.29) is 11.8 Å². The van der Waals surface area contributed by atoms with Gasteiger partial charge in [0, 0.05) is 25.4 Å². The van der Waals surface area contributed by atoms with Crippen molar-refractivity contribution in [3.8, 4) is 11.5 Å². The molecular weight excluding hydrogens is 308 g/mol. The van der Waals surface area contributed by atoms with Crippen LogP contribution in [0.2, 0.25) is 0 Å². The van der Waals surface area contributed by atoms with Crippen molar-refractivity contribution >= 4 is 5.91 Å². The summed E-state index contributed by atoms with van der Waals surface area (Å²) in [6.45, 7) is 1.92. The van der Waals surface area contributed by atoms with E-state index >= 15 is 0 Å². The molecule has 0 unspecified atom stereocenters. The van der Waals surface area contributed by atoms with E-state index in [1.165, 1.54) is 6.33 Å². The molecule has 0 spiro atoms. The molecule has 128 valence electrons. The van der Waals surface area contributed by atoms with Gasteiger partial charge in [0.1, 0.15) is 12.7 Å². The van der Waals surface area contributed by atoms with Crippen LogP contribution in [0, 0.1) is 5.92 Å². The molecule has 1 N–H and O–H groups in total. The number of hydrogen-bond donors (Lipinski definition) is 1. The van der Waals surface area contributed by atoms with Gasteiger partial charge >= 0.3 is 0 Å². The number of rotatable bonds is 7. The van der Waals surface area contributed by atoms with Crippen LogP contribution in [0.1, 0.15) is 18.4 Å². The van der Waals surface area contributed by atoms with Crippen LogP contribution < -0.4 is 14.8 Å². The molecule has 0 saturated heterocycles. The number of methoxy groups -OCH3 is 1. The Kier molecular flexibility index (Phi) is 5.30. The molecular formula is C17H22N4O3. The molecule has 0 bridgehead atoms. The van der Waals surface area contributed by atoms with Crippen molar-refractivity contribution in [1.29, 1.82) is 0 Å². The molecule has 1 aromatic heterocycles. The molecule has 7 nitrogen and oxygen atoms in total. The van der Waals surface area contributed by atoms with E-state index in [9.17, 15) is 4.79 Å². The third kappa shape index (κ3) is 4.04. The molecule has 0 aliphatic carbocycles. The number of fused-ring (bicyclic) bond motifs is 1. The van der Waals surface area contributed by atoms with Crippen LogP contribution in [0.15, 0.2) is 30.9 Å². The Labute approximate surface area is 141 Å². The predicted octanol–water partition coefficient (Wildman–Crippen LogP) is 1.43. The average molecular weight is 330 g/mol. The van der Waals surface area contributed by atoms with Crippen molar-refractivity contribution in [3.05, 3.63) is 36.4 Å². The van der Waals surface area contributed by atoms with Crippen molar-refractivity contribution in [2.75, 3.05) is 20.3 Å². The first-order valence-electron chi connectivity index (χ1n) is 8.14. The molecule has 24 heavy (non-hydrogen) atoms. The normalized spacial score (nSPS) is 16.1. The fourth-order valence-electron chi connectivity index (χ4n) is 2.85. The molecule has 1 atom stereocenters. The molecule has 0 radical (unpaired) electrons. The predicted molar refractivity (Wildman–Crippen MR) is 87.9 cm³/mol. The highest BCUT2D eigenvalue weighted by Crippen LogP contribution is 2.35. The number of nitrogens with zero attached hydrogens (tertiary/aromatic N) is 3. The lowest BCUT2D eigenvalue weighted by Gasteiger charge is -2.26.